The van der Waals surface area contributed by atoms with Crippen molar-refractivity contribution >= 4 is 11.8 Å². The summed E-state index contributed by atoms with van der Waals surface area (Å²) in [7, 11) is 0. The summed E-state index contributed by atoms with van der Waals surface area (Å²) < 4.78 is 0. The number of hydrogen-bond acceptors (Lipinski definition) is 3. The van der Waals surface area contributed by atoms with E-state index in [2.05, 4.69) is 11.4 Å². The summed E-state index contributed by atoms with van der Waals surface area (Å²) in [6, 6.07) is 33.8. The predicted octanol–water partition coefficient (Wildman–Crippen LogP) is 5.24. The van der Waals surface area contributed by atoms with Crippen molar-refractivity contribution in [1.29, 1.82) is 5.26 Å². The molecule has 170 valence electrons. The molecule has 1 heterocycles. The highest BCUT2D eigenvalue weighted by atomic mass is 16.2. The Morgan fingerprint density at radius 2 is 1.49 bits per heavy atom. The Morgan fingerprint density at radius 1 is 0.829 bits per heavy atom. The smallest absolute Gasteiger partial charge is 0.255 e. The van der Waals surface area contributed by atoms with Gasteiger partial charge in [0, 0.05) is 18.7 Å². The minimum absolute atomic E-state index is 0.151. The van der Waals surface area contributed by atoms with Crippen LogP contribution in [0.1, 0.15) is 38.7 Å². The van der Waals surface area contributed by atoms with Gasteiger partial charge in [0.2, 0.25) is 5.91 Å². The molecule has 5 nitrogen and oxygen atoms in total. The molecule has 0 saturated heterocycles. The monoisotopic (exact) mass is 457 g/mol. The van der Waals surface area contributed by atoms with E-state index in [1.54, 1.807) is 23.1 Å². The first-order valence-corrected chi connectivity index (χ1v) is 11.5. The van der Waals surface area contributed by atoms with Gasteiger partial charge in [-0.2, -0.15) is 5.26 Å². The highest BCUT2D eigenvalue weighted by Gasteiger charge is 2.40. The van der Waals surface area contributed by atoms with Crippen molar-refractivity contribution in [1.82, 2.24) is 10.2 Å². The van der Waals surface area contributed by atoms with E-state index >= 15 is 0 Å². The van der Waals surface area contributed by atoms with Crippen molar-refractivity contribution in [2.45, 2.75) is 19.1 Å². The fourth-order valence-electron chi connectivity index (χ4n) is 4.54. The maximum Gasteiger partial charge on any atom is 0.255 e. The van der Waals surface area contributed by atoms with E-state index in [0.29, 0.717) is 29.8 Å². The third-order valence-corrected chi connectivity index (χ3v) is 6.30. The van der Waals surface area contributed by atoms with Crippen molar-refractivity contribution < 1.29 is 9.59 Å². The van der Waals surface area contributed by atoms with E-state index in [1.807, 2.05) is 84.9 Å². The molecular formula is C30H23N3O2. The van der Waals surface area contributed by atoms with Crippen LogP contribution in [0.5, 0.6) is 0 Å². The summed E-state index contributed by atoms with van der Waals surface area (Å²) in [5, 5.41) is 12.0. The van der Waals surface area contributed by atoms with Crippen LogP contribution in [0, 0.1) is 11.3 Å². The van der Waals surface area contributed by atoms with Gasteiger partial charge in [0.15, 0.2) is 0 Å². The fourth-order valence-corrected chi connectivity index (χ4v) is 4.54. The second kappa shape index (κ2) is 9.66. The first-order valence-electron chi connectivity index (χ1n) is 11.5. The van der Waals surface area contributed by atoms with Crippen molar-refractivity contribution in [2.24, 2.45) is 0 Å². The molecule has 35 heavy (non-hydrogen) atoms. The summed E-state index contributed by atoms with van der Waals surface area (Å²) in [6.45, 7) is 0.624. The Kier molecular flexibility index (Phi) is 6.11. The largest absolute Gasteiger partial charge is 0.350 e. The van der Waals surface area contributed by atoms with Gasteiger partial charge in [-0.05, 0) is 46.0 Å². The first-order chi connectivity index (χ1) is 17.2. The maximum absolute atomic E-state index is 13.4. The van der Waals surface area contributed by atoms with Crippen LogP contribution in [-0.2, 0) is 17.9 Å². The Labute approximate surface area is 204 Å². The highest BCUT2D eigenvalue weighted by molar-refractivity contribution is 6.04. The predicted molar refractivity (Wildman–Crippen MR) is 134 cm³/mol. The molecule has 5 heteroatoms. The van der Waals surface area contributed by atoms with Crippen molar-refractivity contribution in [3.8, 4) is 17.2 Å². The van der Waals surface area contributed by atoms with E-state index in [0.717, 1.165) is 22.3 Å². The average Bonchev–Trinajstić information content (AvgIpc) is 3.19. The van der Waals surface area contributed by atoms with E-state index < -0.39 is 6.04 Å². The first kappa shape index (κ1) is 22.1. The van der Waals surface area contributed by atoms with E-state index in [4.69, 9.17) is 5.26 Å². The molecule has 5 rings (SSSR count). The maximum atomic E-state index is 13.4. The number of hydrogen-bond donors (Lipinski definition) is 1. The van der Waals surface area contributed by atoms with Gasteiger partial charge in [-0.3, -0.25) is 9.59 Å². The summed E-state index contributed by atoms with van der Waals surface area (Å²) >= 11 is 0. The van der Waals surface area contributed by atoms with Crippen LogP contribution in [0.25, 0.3) is 11.1 Å². The number of nitriles is 1. The lowest BCUT2D eigenvalue weighted by Crippen LogP contribution is -2.38. The van der Waals surface area contributed by atoms with Crippen LogP contribution in [0.2, 0.25) is 0 Å². The summed E-state index contributed by atoms with van der Waals surface area (Å²) in [6.07, 6.45) is 0. The van der Waals surface area contributed by atoms with Gasteiger partial charge in [0.1, 0.15) is 6.04 Å². The molecule has 0 saturated carbocycles. The molecule has 0 fully saturated rings. The Hall–Kier alpha value is -4.69. The number of benzene rings is 4. The molecule has 1 aliphatic rings. The topological polar surface area (TPSA) is 73.2 Å². The Morgan fingerprint density at radius 3 is 2.23 bits per heavy atom. The highest BCUT2D eigenvalue weighted by Crippen LogP contribution is 2.36. The zero-order valence-electron chi connectivity index (χ0n) is 19.0. The lowest BCUT2D eigenvalue weighted by atomic mass is 9.99. The van der Waals surface area contributed by atoms with Crippen molar-refractivity contribution in [3.63, 3.8) is 0 Å². The number of amides is 2. The summed E-state index contributed by atoms with van der Waals surface area (Å²) in [5.41, 5.74) is 5.80. The number of carbonyl (C=O) groups is 2. The van der Waals surface area contributed by atoms with Gasteiger partial charge < -0.3 is 10.2 Å². The molecule has 4 aromatic carbocycles. The SMILES string of the molecule is N#Cc1ccc(CNC(=O)C2c3ccccc3C(=O)N2Cc2ccccc2-c2ccccc2)cc1. The summed E-state index contributed by atoms with van der Waals surface area (Å²) in [4.78, 5) is 28.5. The molecule has 1 N–H and O–H groups in total. The number of nitrogens with one attached hydrogen (secondary N) is 1. The van der Waals surface area contributed by atoms with Crippen LogP contribution in [-0.4, -0.2) is 16.7 Å². The number of carbonyl (C=O) groups excluding carboxylic acids is 2. The lowest BCUT2D eigenvalue weighted by molar-refractivity contribution is -0.125. The van der Waals surface area contributed by atoms with Gasteiger partial charge in [-0.15, -0.1) is 0 Å². The minimum atomic E-state index is -0.721. The standard InChI is InChI=1S/C30H23N3O2/c31-18-21-14-16-22(17-15-21)19-32-29(34)28-26-12-6-7-13-27(26)30(35)33(28)20-24-10-4-5-11-25(24)23-8-2-1-3-9-23/h1-17,28H,19-20H2,(H,32,34). The van der Waals surface area contributed by atoms with Crippen molar-refractivity contribution in [2.75, 3.05) is 0 Å². The van der Waals surface area contributed by atoms with Gasteiger partial charge in [-0.25, -0.2) is 0 Å². The van der Waals surface area contributed by atoms with Crippen molar-refractivity contribution in [3.05, 3.63) is 131 Å². The fraction of sp³-hybridized carbons (Fsp3) is 0.100. The quantitative estimate of drug-likeness (QED) is 0.430. The zero-order chi connectivity index (χ0) is 24.2. The third-order valence-electron chi connectivity index (χ3n) is 6.30. The molecular weight excluding hydrogens is 434 g/mol. The normalized spacial score (nSPS) is 14.3. The molecule has 1 aliphatic heterocycles. The Bertz CT molecular complexity index is 1420. The second-order valence-corrected chi connectivity index (χ2v) is 8.47. The van der Waals surface area contributed by atoms with Crippen LogP contribution in [0.15, 0.2) is 103 Å². The van der Waals surface area contributed by atoms with Crippen LogP contribution < -0.4 is 5.32 Å². The average molecular weight is 458 g/mol. The van der Waals surface area contributed by atoms with Crippen LogP contribution in [0.4, 0.5) is 0 Å². The lowest BCUT2D eigenvalue weighted by Gasteiger charge is -2.26. The van der Waals surface area contributed by atoms with E-state index in [9.17, 15) is 9.59 Å². The molecule has 0 aliphatic carbocycles. The molecule has 1 unspecified atom stereocenters. The van der Waals surface area contributed by atoms with Gasteiger partial charge in [-0.1, -0.05) is 84.9 Å². The van der Waals surface area contributed by atoms with Gasteiger partial charge >= 0.3 is 0 Å². The molecule has 0 bridgehead atoms. The zero-order valence-corrected chi connectivity index (χ0v) is 19.0. The molecule has 4 aromatic rings. The van der Waals surface area contributed by atoms with Gasteiger partial charge in [0.25, 0.3) is 5.91 Å². The number of nitrogens with zero attached hydrogens (tertiary/aromatic N) is 2. The number of fused-ring (bicyclic) bond motifs is 1. The number of rotatable bonds is 6. The van der Waals surface area contributed by atoms with Crippen LogP contribution >= 0.6 is 0 Å². The molecule has 0 aromatic heterocycles. The minimum Gasteiger partial charge on any atom is -0.350 e. The van der Waals surface area contributed by atoms with E-state index in [1.165, 1.54) is 0 Å². The molecule has 2 amide bonds. The van der Waals surface area contributed by atoms with Gasteiger partial charge in [0.05, 0.1) is 11.6 Å². The van der Waals surface area contributed by atoms with Crippen LogP contribution in [0.3, 0.4) is 0 Å². The molecule has 0 spiro atoms. The molecule has 0 radical (unpaired) electrons. The second-order valence-electron chi connectivity index (χ2n) is 8.47. The Balaban J connectivity index is 1.43. The third kappa shape index (κ3) is 4.42. The molecule has 1 atom stereocenters. The van der Waals surface area contributed by atoms with E-state index in [-0.39, 0.29) is 11.8 Å². The summed E-state index contributed by atoms with van der Waals surface area (Å²) in [5.74, 6) is -0.383.